The maximum Gasteiger partial charge on any atom is 0.281 e. The van der Waals surface area contributed by atoms with E-state index in [1.807, 2.05) is 30.3 Å². The van der Waals surface area contributed by atoms with Crippen LogP contribution in [-0.4, -0.2) is 23.9 Å². The normalized spacial score (nSPS) is 10.8. The minimum Gasteiger partial charge on any atom is -0.497 e. The molecule has 1 N–H and O–H groups in total. The molecule has 0 fully saturated rings. The number of azo groups is 1. The van der Waals surface area contributed by atoms with Crippen LogP contribution < -0.4 is 15.0 Å². The molecule has 0 amide bonds. The van der Waals surface area contributed by atoms with Crippen molar-refractivity contribution in [2.45, 2.75) is 19.9 Å². The van der Waals surface area contributed by atoms with Gasteiger partial charge in [-0.25, -0.2) is 0 Å². The van der Waals surface area contributed by atoms with Crippen LogP contribution in [0.2, 0.25) is 0 Å². The fourth-order valence-corrected chi connectivity index (χ4v) is 3.08. The van der Waals surface area contributed by atoms with Crippen LogP contribution in [0, 0.1) is 18.3 Å². The molecule has 1 heterocycles. The van der Waals surface area contributed by atoms with Crippen molar-refractivity contribution in [3.05, 3.63) is 75.6 Å². The summed E-state index contributed by atoms with van der Waals surface area (Å²) >= 11 is 0. The Morgan fingerprint density at radius 2 is 1.77 bits per heavy atom. The van der Waals surface area contributed by atoms with Crippen molar-refractivity contribution >= 4 is 11.4 Å². The molecule has 3 rings (SSSR count). The quantitative estimate of drug-likeness (QED) is 0.572. The van der Waals surface area contributed by atoms with Crippen LogP contribution in [0.4, 0.5) is 11.4 Å². The van der Waals surface area contributed by atoms with Crippen molar-refractivity contribution in [2.75, 3.05) is 14.2 Å². The van der Waals surface area contributed by atoms with Gasteiger partial charge in [0.25, 0.3) is 5.56 Å². The van der Waals surface area contributed by atoms with E-state index >= 15 is 0 Å². The molecule has 1 aromatic heterocycles. The summed E-state index contributed by atoms with van der Waals surface area (Å²) in [5, 5.41) is 28.2. The second kappa shape index (κ2) is 9.59. The number of methoxy groups -OCH3 is 2. The Morgan fingerprint density at radius 1 is 1.06 bits per heavy atom. The summed E-state index contributed by atoms with van der Waals surface area (Å²) in [5.41, 5.74) is 1.20. The van der Waals surface area contributed by atoms with Crippen molar-refractivity contribution < 1.29 is 14.6 Å². The first-order chi connectivity index (χ1) is 15.0. The monoisotopic (exact) mass is 418 g/mol. The van der Waals surface area contributed by atoms with Crippen LogP contribution in [0.25, 0.3) is 0 Å². The number of nitrogens with zero attached hydrogens (tertiary/aromatic N) is 4. The Bertz CT molecular complexity index is 1210. The molecule has 0 radical (unpaired) electrons. The number of nitriles is 1. The predicted molar refractivity (Wildman–Crippen MR) is 116 cm³/mol. The second-order valence-electron chi connectivity index (χ2n) is 6.74. The second-order valence-corrected chi connectivity index (χ2v) is 6.74. The van der Waals surface area contributed by atoms with E-state index in [9.17, 15) is 15.2 Å². The van der Waals surface area contributed by atoms with E-state index in [0.29, 0.717) is 17.9 Å². The standard InChI is InChI=1S/C23H22N4O4/c1-15-20(14-24)22(28)27(12-11-16-7-9-18(30-2)10-8-16)23(29)21(15)26-25-17-5-4-6-19(13-17)31-3/h4-10,13,28H,11-12H2,1-3H3. The van der Waals surface area contributed by atoms with E-state index in [0.717, 1.165) is 15.9 Å². The van der Waals surface area contributed by atoms with Gasteiger partial charge in [0.1, 0.15) is 23.1 Å². The number of ether oxygens (including phenoxy) is 2. The first kappa shape index (κ1) is 21.6. The van der Waals surface area contributed by atoms with Crippen LogP contribution in [-0.2, 0) is 13.0 Å². The van der Waals surface area contributed by atoms with Crippen molar-refractivity contribution in [2.24, 2.45) is 10.2 Å². The van der Waals surface area contributed by atoms with Crippen molar-refractivity contribution in [1.29, 1.82) is 5.26 Å². The highest BCUT2D eigenvalue weighted by Gasteiger charge is 2.19. The van der Waals surface area contributed by atoms with Crippen molar-refractivity contribution in [3.8, 4) is 23.4 Å². The zero-order valence-corrected chi connectivity index (χ0v) is 17.5. The molecule has 2 aromatic carbocycles. The zero-order chi connectivity index (χ0) is 22.4. The molecule has 8 nitrogen and oxygen atoms in total. The predicted octanol–water partition coefficient (Wildman–Crippen LogP) is 4.41. The Morgan fingerprint density at radius 3 is 2.42 bits per heavy atom. The fourth-order valence-electron chi connectivity index (χ4n) is 3.08. The van der Waals surface area contributed by atoms with E-state index < -0.39 is 5.56 Å². The van der Waals surface area contributed by atoms with Gasteiger partial charge in [0.2, 0.25) is 5.88 Å². The average Bonchev–Trinajstić information content (AvgIpc) is 2.79. The highest BCUT2D eigenvalue weighted by Crippen LogP contribution is 2.28. The SMILES string of the molecule is COc1ccc(CCn2c(O)c(C#N)c(C)c(N=Nc3cccc(OC)c3)c2=O)cc1. The number of rotatable bonds is 7. The van der Waals surface area contributed by atoms with Crippen LogP contribution >= 0.6 is 0 Å². The largest absolute Gasteiger partial charge is 0.497 e. The van der Waals surface area contributed by atoms with E-state index in [4.69, 9.17) is 9.47 Å². The number of aryl methyl sites for hydroxylation is 1. The lowest BCUT2D eigenvalue weighted by molar-refractivity contribution is 0.403. The Labute approximate surface area is 179 Å². The maximum absolute atomic E-state index is 13.0. The zero-order valence-electron chi connectivity index (χ0n) is 17.5. The third-order valence-corrected chi connectivity index (χ3v) is 4.87. The molecule has 0 aliphatic carbocycles. The third kappa shape index (κ3) is 4.73. The topological polar surface area (TPSA) is 109 Å². The molecule has 0 spiro atoms. The molecule has 31 heavy (non-hydrogen) atoms. The van der Waals surface area contributed by atoms with E-state index in [1.54, 1.807) is 45.4 Å². The van der Waals surface area contributed by atoms with E-state index in [1.165, 1.54) is 0 Å². The number of benzene rings is 2. The lowest BCUT2D eigenvalue weighted by Gasteiger charge is -2.13. The third-order valence-electron chi connectivity index (χ3n) is 4.87. The summed E-state index contributed by atoms with van der Waals surface area (Å²) in [4.78, 5) is 13.0. The molecule has 0 bridgehead atoms. The lowest BCUT2D eigenvalue weighted by atomic mass is 10.1. The molecule has 0 atom stereocenters. The van der Waals surface area contributed by atoms with E-state index in [-0.39, 0.29) is 29.2 Å². The minimum atomic E-state index is -0.519. The summed E-state index contributed by atoms with van der Waals surface area (Å²) in [6.07, 6.45) is 0.470. The molecular weight excluding hydrogens is 396 g/mol. The molecule has 0 saturated heterocycles. The van der Waals surface area contributed by atoms with E-state index in [2.05, 4.69) is 10.2 Å². The fraction of sp³-hybridized carbons (Fsp3) is 0.217. The van der Waals surface area contributed by atoms with Gasteiger partial charge in [-0.05, 0) is 43.2 Å². The Hall–Kier alpha value is -4.12. The molecule has 3 aromatic rings. The van der Waals surface area contributed by atoms with Crippen LogP contribution in [0.3, 0.4) is 0 Å². The van der Waals surface area contributed by atoms with Gasteiger partial charge in [-0.1, -0.05) is 18.2 Å². The van der Waals surface area contributed by atoms with Crippen LogP contribution in [0.5, 0.6) is 17.4 Å². The minimum absolute atomic E-state index is 0.00563. The van der Waals surface area contributed by atoms with Crippen LogP contribution in [0.15, 0.2) is 63.6 Å². The van der Waals surface area contributed by atoms with Gasteiger partial charge in [-0.2, -0.15) is 10.4 Å². The van der Waals surface area contributed by atoms with Gasteiger partial charge in [0, 0.05) is 18.2 Å². The van der Waals surface area contributed by atoms with Gasteiger partial charge in [-0.3, -0.25) is 9.36 Å². The van der Waals surface area contributed by atoms with Gasteiger partial charge in [0.05, 0.1) is 19.9 Å². The summed E-state index contributed by atoms with van der Waals surface area (Å²) in [5.74, 6) is 0.957. The van der Waals surface area contributed by atoms with Gasteiger partial charge >= 0.3 is 0 Å². The first-order valence-corrected chi connectivity index (χ1v) is 9.53. The molecule has 0 saturated carbocycles. The van der Waals surface area contributed by atoms with Crippen molar-refractivity contribution in [3.63, 3.8) is 0 Å². The van der Waals surface area contributed by atoms with Crippen LogP contribution in [0.1, 0.15) is 16.7 Å². The maximum atomic E-state index is 13.0. The van der Waals surface area contributed by atoms with Crippen molar-refractivity contribution in [1.82, 2.24) is 4.57 Å². The summed E-state index contributed by atoms with van der Waals surface area (Å²) in [6.45, 7) is 1.74. The summed E-state index contributed by atoms with van der Waals surface area (Å²) < 4.78 is 11.5. The molecule has 0 unspecified atom stereocenters. The first-order valence-electron chi connectivity index (χ1n) is 9.53. The van der Waals surface area contributed by atoms with Gasteiger partial charge in [-0.15, -0.1) is 5.11 Å². The molecule has 158 valence electrons. The van der Waals surface area contributed by atoms with Gasteiger partial charge in [0.15, 0.2) is 5.69 Å². The number of pyridine rings is 1. The number of aromatic hydroxyl groups is 1. The summed E-state index contributed by atoms with van der Waals surface area (Å²) in [7, 11) is 3.13. The number of aromatic nitrogens is 1. The molecule has 8 heteroatoms. The molecule has 0 aliphatic rings. The highest BCUT2D eigenvalue weighted by atomic mass is 16.5. The number of hydrogen-bond donors (Lipinski definition) is 1. The highest BCUT2D eigenvalue weighted by molar-refractivity contribution is 5.57. The molecular formula is C23H22N4O4. The Balaban J connectivity index is 1.97. The summed E-state index contributed by atoms with van der Waals surface area (Å²) in [6, 6.07) is 16.3. The number of hydrogen-bond acceptors (Lipinski definition) is 7. The van der Waals surface area contributed by atoms with Gasteiger partial charge < -0.3 is 14.6 Å². The average molecular weight is 418 g/mol. The smallest absolute Gasteiger partial charge is 0.281 e. The molecule has 0 aliphatic heterocycles. The Kier molecular flexibility index (Phi) is 6.67. The lowest BCUT2D eigenvalue weighted by Crippen LogP contribution is -2.22.